The molecule has 0 atom stereocenters. The molecule has 0 unspecified atom stereocenters. The van der Waals surface area contributed by atoms with Crippen LogP contribution >= 0.6 is 11.6 Å². The second kappa shape index (κ2) is 6.03. The van der Waals surface area contributed by atoms with Gasteiger partial charge in [-0.2, -0.15) is 0 Å². The highest BCUT2D eigenvalue weighted by molar-refractivity contribution is 6.32. The van der Waals surface area contributed by atoms with Gasteiger partial charge in [0.2, 0.25) is 0 Å². The van der Waals surface area contributed by atoms with Gasteiger partial charge in [0.25, 0.3) is 0 Å². The number of rotatable bonds is 5. The van der Waals surface area contributed by atoms with Crippen LogP contribution in [-0.2, 0) is 11.3 Å². The molecule has 0 N–H and O–H groups in total. The molecule has 0 aliphatic heterocycles. The Labute approximate surface area is 107 Å². The van der Waals surface area contributed by atoms with Crippen LogP contribution in [0.5, 0.6) is 5.75 Å². The van der Waals surface area contributed by atoms with Crippen LogP contribution in [0, 0.1) is 6.92 Å². The van der Waals surface area contributed by atoms with Gasteiger partial charge in [-0.3, -0.25) is 9.69 Å². The lowest BCUT2D eigenvalue weighted by Gasteiger charge is -2.17. The zero-order valence-electron chi connectivity index (χ0n) is 10.7. The third-order valence-corrected chi connectivity index (χ3v) is 2.84. The van der Waals surface area contributed by atoms with Gasteiger partial charge in [-0.25, -0.2) is 0 Å². The molecule has 0 bridgehead atoms. The zero-order chi connectivity index (χ0) is 13.0. The Hall–Kier alpha value is -1.06. The molecule has 3 nitrogen and oxygen atoms in total. The molecule has 0 saturated carbocycles. The first kappa shape index (κ1) is 14.0. The smallest absolute Gasteiger partial charge is 0.143 e. The summed E-state index contributed by atoms with van der Waals surface area (Å²) in [5, 5.41) is 0.601. The van der Waals surface area contributed by atoms with E-state index >= 15 is 0 Å². The second-order valence-corrected chi connectivity index (χ2v) is 4.69. The molecule has 94 valence electrons. The quantitative estimate of drug-likeness (QED) is 0.810. The average Bonchev–Trinajstić information content (AvgIpc) is 2.21. The lowest BCUT2D eigenvalue weighted by molar-refractivity contribution is -0.117. The standard InChI is InChI=1S/C13H18ClNO2/c1-9-5-13(17-4)12(14)6-11(9)8-15(3)7-10(2)16/h5-6H,7-8H2,1-4H3. The number of halogens is 1. The minimum Gasteiger partial charge on any atom is -0.495 e. The molecule has 17 heavy (non-hydrogen) atoms. The summed E-state index contributed by atoms with van der Waals surface area (Å²) in [6.45, 7) is 4.75. The number of nitrogens with zero attached hydrogens (tertiary/aromatic N) is 1. The van der Waals surface area contributed by atoms with Gasteiger partial charge in [0.1, 0.15) is 11.5 Å². The molecule has 0 aromatic heterocycles. The van der Waals surface area contributed by atoms with E-state index < -0.39 is 0 Å². The first-order chi connectivity index (χ1) is 7.93. The molecule has 0 spiro atoms. The van der Waals surface area contributed by atoms with Crippen molar-refractivity contribution in [1.82, 2.24) is 4.90 Å². The summed E-state index contributed by atoms with van der Waals surface area (Å²) in [6.07, 6.45) is 0. The van der Waals surface area contributed by atoms with E-state index in [0.717, 1.165) is 11.1 Å². The van der Waals surface area contributed by atoms with Crippen molar-refractivity contribution in [2.45, 2.75) is 20.4 Å². The van der Waals surface area contributed by atoms with Crippen molar-refractivity contribution in [2.75, 3.05) is 20.7 Å². The minimum atomic E-state index is 0.157. The lowest BCUT2D eigenvalue weighted by atomic mass is 10.1. The highest BCUT2D eigenvalue weighted by atomic mass is 35.5. The number of carbonyl (C=O) groups excluding carboxylic acids is 1. The van der Waals surface area contributed by atoms with Gasteiger partial charge in [-0.05, 0) is 44.2 Å². The number of methoxy groups -OCH3 is 1. The number of Topliss-reactive ketones (excluding diaryl/α,β-unsaturated/α-hetero) is 1. The van der Waals surface area contributed by atoms with Crippen molar-refractivity contribution in [3.63, 3.8) is 0 Å². The molecule has 1 aromatic carbocycles. The average molecular weight is 256 g/mol. The summed E-state index contributed by atoms with van der Waals surface area (Å²) in [7, 11) is 3.52. The maximum atomic E-state index is 11.0. The zero-order valence-corrected chi connectivity index (χ0v) is 11.5. The van der Waals surface area contributed by atoms with E-state index in [0.29, 0.717) is 23.9 Å². The van der Waals surface area contributed by atoms with Gasteiger partial charge in [0.05, 0.1) is 18.7 Å². The van der Waals surface area contributed by atoms with Gasteiger partial charge < -0.3 is 4.74 Å². The molecule has 0 radical (unpaired) electrons. The van der Waals surface area contributed by atoms with Crippen LogP contribution in [0.1, 0.15) is 18.1 Å². The van der Waals surface area contributed by atoms with Crippen molar-refractivity contribution < 1.29 is 9.53 Å². The number of likely N-dealkylation sites (N-methyl/N-ethyl adjacent to an activating group) is 1. The van der Waals surface area contributed by atoms with E-state index in [1.807, 2.05) is 31.0 Å². The number of ketones is 1. The van der Waals surface area contributed by atoms with Gasteiger partial charge >= 0.3 is 0 Å². The maximum absolute atomic E-state index is 11.0. The number of hydrogen-bond acceptors (Lipinski definition) is 3. The molecule has 0 heterocycles. The predicted octanol–water partition coefficient (Wildman–Crippen LogP) is 2.68. The van der Waals surface area contributed by atoms with Crippen LogP contribution in [0.2, 0.25) is 5.02 Å². The molecule has 1 rings (SSSR count). The van der Waals surface area contributed by atoms with Gasteiger partial charge in [-0.15, -0.1) is 0 Å². The van der Waals surface area contributed by atoms with E-state index in [9.17, 15) is 4.79 Å². The highest BCUT2D eigenvalue weighted by Gasteiger charge is 2.09. The number of hydrogen-bond donors (Lipinski definition) is 0. The molecule has 1 aromatic rings. The molecule has 0 amide bonds. The molecular weight excluding hydrogens is 238 g/mol. The Morgan fingerprint density at radius 3 is 2.65 bits per heavy atom. The Balaban J connectivity index is 2.84. The Bertz CT molecular complexity index is 418. The third-order valence-electron chi connectivity index (χ3n) is 2.54. The van der Waals surface area contributed by atoms with Crippen LogP contribution in [0.3, 0.4) is 0 Å². The lowest BCUT2D eigenvalue weighted by Crippen LogP contribution is -2.24. The normalized spacial score (nSPS) is 10.7. The Morgan fingerprint density at radius 2 is 2.12 bits per heavy atom. The van der Waals surface area contributed by atoms with E-state index in [1.54, 1.807) is 14.0 Å². The summed E-state index contributed by atoms with van der Waals surface area (Å²) in [6, 6.07) is 3.81. The van der Waals surface area contributed by atoms with E-state index in [1.165, 1.54) is 0 Å². The second-order valence-electron chi connectivity index (χ2n) is 4.29. The van der Waals surface area contributed by atoms with Crippen LogP contribution in [0.25, 0.3) is 0 Å². The molecular formula is C13H18ClNO2. The molecule has 0 fully saturated rings. The van der Waals surface area contributed by atoms with Crippen molar-refractivity contribution in [3.05, 3.63) is 28.3 Å². The fourth-order valence-corrected chi connectivity index (χ4v) is 2.01. The van der Waals surface area contributed by atoms with Crippen molar-refractivity contribution in [1.29, 1.82) is 0 Å². The van der Waals surface area contributed by atoms with Crippen LogP contribution < -0.4 is 4.74 Å². The van der Waals surface area contributed by atoms with E-state index in [2.05, 4.69) is 0 Å². The summed E-state index contributed by atoms with van der Waals surface area (Å²) >= 11 is 6.08. The Morgan fingerprint density at radius 1 is 1.47 bits per heavy atom. The van der Waals surface area contributed by atoms with Crippen molar-refractivity contribution >= 4 is 17.4 Å². The van der Waals surface area contributed by atoms with E-state index in [4.69, 9.17) is 16.3 Å². The maximum Gasteiger partial charge on any atom is 0.143 e. The number of aryl methyl sites for hydroxylation is 1. The largest absolute Gasteiger partial charge is 0.495 e. The minimum absolute atomic E-state index is 0.157. The fourth-order valence-electron chi connectivity index (χ4n) is 1.75. The van der Waals surface area contributed by atoms with E-state index in [-0.39, 0.29) is 5.78 Å². The fraction of sp³-hybridized carbons (Fsp3) is 0.462. The van der Waals surface area contributed by atoms with Gasteiger partial charge in [-0.1, -0.05) is 11.6 Å². The summed E-state index contributed by atoms with van der Waals surface area (Å²) < 4.78 is 5.15. The number of carbonyl (C=O) groups is 1. The number of benzene rings is 1. The van der Waals surface area contributed by atoms with Crippen LogP contribution in [-0.4, -0.2) is 31.4 Å². The predicted molar refractivity (Wildman–Crippen MR) is 69.8 cm³/mol. The first-order valence-electron chi connectivity index (χ1n) is 5.45. The summed E-state index contributed by atoms with van der Waals surface area (Å²) in [4.78, 5) is 13.0. The number of ether oxygens (including phenoxy) is 1. The van der Waals surface area contributed by atoms with Crippen LogP contribution in [0.15, 0.2) is 12.1 Å². The third kappa shape index (κ3) is 4.02. The van der Waals surface area contributed by atoms with Crippen LogP contribution in [0.4, 0.5) is 0 Å². The van der Waals surface area contributed by atoms with Crippen molar-refractivity contribution in [3.8, 4) is 5.75 Å². The summed E-state index contributed by atoms with van der Waals surface area (Å²) in [5.74, 6) is 0.840. The van der Waals surface area contributed by atoms with Gasteiger partial charge in [0.15, 0.2) is 0 Å². The highest BCUT2D eigenvalue weighted by Crippen LogP contribution is 2.28. The topological polar surface area (TPSA) is 29.5 Å². The van der Waals surface area contributed by atoms with Crippen molar-refractivity contribution in [2.24, 2.45) is 0 Å². The van der Waals surface area contributed by atoms with Gasteiger partial charge in [0, 0.05) is 6.54 Å². The first-order valence-corrected chi connectivity index (χ1v) is 5.82. The SMILES string of the molecule is COc1cc(C)c(CN(C)CC(C)=O)cc1Cl. The molecule has 0 saturated heterocycles. The molecule has 0 aliphatic rings. The molecule has 0 aliphatic carbocycles. The Kier molecular flexibility index (Phi) is 4.97. The summed E-state index contributed by atoms with van der Waals surface area (Å²) in [5.41, 5.74) is 2.22. The molecule has 4 heteroatoms. The monoisotopic (exact) mass is 255 g/mol.